The third-order valence-electron chi connectivity index (χ3n) is 3.59. The summed E-state index contributed by atoms with van der Waals surface area (Å²) in [6, 6.07) is 14.3. The topological polar surface area (TPSA) is 143 Å². The predicted molar refractivity (Wildman–Crippen MR) is 105 cm³/mol. The molecule has 9 nitrogen and oxygen atoms in total. The van der Waals surface area contributed by atoms with E-state index in [0.717, 1.165) is 0 Å². The number of rotatable bonds is 5. The third-order valence-corrected chi connectivity index (χ3v) is 4.12. The van der Waals surface area contributed by atoms with Gasteiger partial charge in [-0.2, -0.15) is 8.42 Å². The molecule has 0 aliphatic carbocycles. The number of aromatic hydroxyl groups is 1. The number of aromatic carboxylic acids is 1. The maximum Gasteiger partial charge on any atom is 0.397 e. The number of hydrogen-bond donors (Lipinski definition) is 3. The van der Waals surface area contributed by atoms with Crippen LogP contribution in [-0.4, -0.2) is 40.7 Å². The number of para-hydroxylation sites is 1. The van der Waals surface area contributed by atoms with Crippen LogP contribution in [0.4, 0.5) is 0 Å². The van der Waals surface area contributed by atoms with Gasteiger partial charge in [-0.1, -0.05) is 18.2 Å². The van der Waals surface area contributed by atoms with Crippen LogP contribution in [0.5, 0.6) is 17.2 Å². The van der Waals surface area contributed by atoms with E-state index in [4.69, 9.17) is 14.4 Å². The maximum absolute atomic E-state index is 11.1. The Morgan fingerprint density at radius 3 is 2.24 bits per heavy atom. The van der Waals surface area contributed by atoms with Crippen LogP contribution in [0, 0.1) is 6.92 Å². The number of fused-ring (bicyclic) bond motifs is 1. The van der Waals surface area contributed by atoms with E-state index in [2.05, 4.69) is 9.17 Å². The fourth-order valence-electron chi connectivity index (χ4n) is 2.42. The number of nitrogens with zero attached hydrogens (tertiary/aromatic N) is 1. The molecule has 3 rings (SSSR count). The lowest BCUT2D eigenvalue weighted by Gasteiger charge is -2.10. The number of hydrogen-bond acceptors (Lipinski definition) is 7. The van der Waals surface area contributed by atoms with Crippen molar-refractivity contribution in [2.75, 3.05) is 6.61 Å². The summed E-state index contributed by atoms with van der Waals surface area (Å²) in [5, 5.41) is 20.2. The van der Waals surface area contributed by atoms with Gasteiger partial charge in [-0.05, 0) is 44.2 Å². The molecule has 0 spiro atoms. The van der Waals surface area contributed by atoms with Gasteiger partial charge in [-0.15, -0.1) is 0 Å². The first-order valence-electron chi connectivity index (χ1n) is 8.33. The van der Waals surface area contributed by atoms with Gasteiger partial charge in [-0.3, -0.25) is 4.55 Å². The average molecular weight is 421 g/mol. The van der Waals surface area contributed by atoms with Gasteiger partial charge < -0.3 is 14.9 Å². The molecule has 1 heterocycles. The smallest absolute Gasteiger partial charge is 0.397 e. The van der Waals surface area contributed by atoms with Gasteiger partial charge in [0.1, 0.15) is 11.5 Å². The van der Waals surface area contributed by atoms with Crippen LogP contribution in [0.1, 0.15) is 23.1 Å². The van der Waals surface area contributed by atoms with Crippen molar-refractivity contribution in [3.63, 3.8) is 0 Å². The lowest BCUT2D eigenvalue weighted by molar-refractivity contribution is 0.0687. The van der Waals surface area contributed by atoms with E-state index < -0.39 is 16.4 Å². The number of benzene rings is 2. The number of pyridine rings is 1. The van der Waals surface area contributed by atoms with Crippen molar-refractivity contribution < 1.29 is 36.9 Å². The number of aromatic nitrogens is 1. The Balaban J connectivity index is 0.000000370. The summed E-state index contributed by atoms with van der Waals surface area (Å²) in [4.78, 5) is 15.0. The summed E-state index contributed by atoms with van der Waals surface area (Å²) in [6.07, 6.45) is 0. The summed E-state index contributed by atoms with van der Waals surface area (Å²) in [5.41, 5.74) is 0.172. The van der Waals surface area contributed by atoms with E-state index in [1.807, 2.05) is 30.3 Å². The molecule has 3 N–H and O–H groups in total. The number of aryl methyl sites for hydroxylation is 1. The highest BCUT2D eigenvalue weighted by Gasteiger charge is 2.17. The number of carboxylic acid groups (broad SMARTS) is 1. The zero-order valence-corrected chi connectivity index (χ0v) is 16.4. The lowest BCUT2D eigenvalue weighted by atomic mass is 10.1. The van der Waals surface area contributed by atoms with Crippen molar-refractivity contribution in [2.24, 2.45) is 0 Å². The second-order valence-electron chi connectivity index (χ2n) is 5.66. The van der Waals surface area contributed by atoms with Crippen molar-refractivity contribution in [3.05, 3.63) is 59.9 Å². The van der Waals surface area contributed by atoms with E-state index in [9.17, 15) is 18.3 Å². The van der Waals surface area contributed by atoms with Crippen molar-refractivity contribution in [1.29, 1.82) is 0 Å². The molecular weight excluding hydrogens is 402 g/mol. The standard InChI is InChI=1S/C17H13NO4.C2H6O4S/c1-10-14-9-12(22-11-5-3-2-4-6-11)7-8-13(14)16(19)15(18-10)17(20)21;1-2-6-7(3,4)5/h2-9,19H,1H3,(H,20,21);2H2,1H3,(H,3,4,5). The van der Waals surface area contributed by atoms with Crippen molar-refractivity contribution in [2.45, 2.75) is 13.8 Å². The Hall–Kier alpha value is -3.21. The molecule has 29 heavy (non-hydrogen) atoms. The summed E-state index contributed by atoms with van der Waals surface area (Å²) in [6.45, 7) is 3.13. The van der Waals surface area contributed by atoms with Gasteiger partial charge in [0.05, 0.1) is 6.61 Å². The first-order chi connectivity index (χ1) is 13.6. The molecule has 154 valence electrons. The van der Waals surface area contributed by atoms with Crippen molar-refractivity contribution in [3.8, 4) is 17.2 Å². The minimum atomic E-state index is -4.17. The van der Waals surface area contributed by atoms with Crippen LogP contribution < -0.4 is 4.74 Å². The quantitative estimate of drug-likeness (QED) is 0.527. The molecule has 0 aliphatic rings. The molecule has 0 atom stereocenters. The molecule has 0 fully saturated rings. The normalized spacial score (nSPS) is 10.9. The van der Waals surface area contributed by atoms with Gasteiger partial charge >= 0.3 is 16.4 Å². The van der Waals surface area contributed by atoms with Gasteiger partial charge in [-0.25, -0.2) is 14.0 Å². The Bertz CT molecular complexity index is 1110. The molecule has 0 saturated heterocycles. The van der Waals surface area contributed by atoms with Gasteiger partial charge in [0.15, 0.2) is 11.4 Å². The SMILES string of the molecule is CCOS(=O)(=O)O.Cc1nc(C(=O)O)c(O)c2ccc(Oc3ccccc3)cc12. The number of carboxylic acids is 1. The fraction of sp³-hybridized carbons (Fsp3) is 0.158. The van der Waals surface area contributed by atoms with Crippen LogP contribution in [0.3, 0.4) is 0 Å². The highest BCUT2D eigenvalue weighted by molar-refractivity contribution is 7.80. The number of ether oxygens (including phenoxy) is 1. The molecule has 2 aromatic carbocycles. The van der Waals surface area contributed by atoms with Crippen LogP contribution in [0.2, 0.25) is 0 Å². The average Bonchev–Trinajstić information content (AvgIpc) is 2.65. The van der Waals surface area contributed by atoms with Gasteiger partial charge in [0, 0.05) is 16.5 Å². The van der Waals surface area contributed by atoms with Crippen LogP contribution in [0.25, 0.3) is 10.8 Å². The molecule has 10 heteroatoms. The van der Waals surface area contributed by atoms with Gasteiger partial charge in [0.25, 0.3) is 0 Å². The summed E-state index contributed by atoms with van der Waals surface area (Å²) in [7, 11) is -4.17. The Kier molecular flexibility index (Phi) is 7.10. The third kappa shape index (κ3) is 6.14. The predicted octanol–water partition coefficient (Wildman–Crippen LogP) is 3.57. The Morgan fingerprint density at radius 1 is 1.07 bits per heavy atom. The van der Waals surface area contributed by atoms with E-state index in [1.54, 1.807) is 25.1 Å². The lowest BCUT2D eigenvalue weighted by Crippen LogP contribution is -2.03. The summed E-state index contributed by atoms with van der Waals surface area (Å²) < 4.78 is 36.4. The molecule has 0 bridgehead atoms. The van der Waals surface area contributed by atoms with Crippen LogP contribution >= 0.6 is 0 Å². The molecule has 0 amide bonds. The zero-order chi connectivity index (χ0) is 21.6. The van der Waals surface area contributed by atoms with Gasteiger partial charge in [0.2, 0.25) is 0 Å². The molecule has 1 aromatic heterocycles. The minimum absolute atomic E-state index is 0.0289. The fourth-order valence-corrected chi connectivity index (χ4v) is 2.72. The minimum Gasteiger partial charge on any atom is -0.505 e. The second kappa shape index (κ2) is 9.32. The Morgan fingerprint density at radius 2 is 1.72 bits per heavy atom. The van der Waals surface area contributed by atoms with Crippen LogP contribution in [-0.2, 0) is 14.6 Å². The first kappa shape index (κ1) is 22.1. The summed E-state index contributed by atoms with van der Waals surface area (Å²) in [5.74, 6) is -0.309. The van der Waals surface area contributed by atoms with Crippen molar-refractivity contribution in [1.82, 2.24) is 4.98 Å². The first-order valence-corrected chi connectivity index (χ1v) is 9.70. The number of carbonyl (C=O) groups is 1. The molecule has 0 saturated carbocycles. The Labute approximate surface area is 167 Å². The van der Waals surface area contributed by atoms with E-state index in [-0.39, 0.29) is 18.1 Å². The highest BCUT2D eigenvalue weighted by atomic mass is 32.3. The highest BCUT2D eigenvalue weighted by Crippen LogP contribution is 2.33. The molecule has 0 aliphatic heterocycles. The monoisotopic (exact) mass is 421 g/mol. The van der Waals surface area contributed by atoms with E-state index in [1.165, 1.54) is 6.92 Å². The van der Waals surface area contributed by atoms with E-state index >= 15 is 0 Å². The molecular formula is C19H19NO8S. The largest absolute Gasteiger partial charge is 0.505 e. The maximum atomic E-state index is 11.1. The second-order valence-corrected chi connectivity index (χ2v) is 6.75. The van der Waals surface area contributed by atoms with Crippen LogP contribution in [0.15, 0.2) is 48.5 Å². The molecule has 0 unspecified atom stereocenters. The van der Waals surface area contributed by atoms with Crippen molar-refractivity contribution >= 4 is 27.1 Å². The van der Waals surface area contributed by atoms with E-state index in [0.29, 0.717) is 28.0 Å². The molecule has 0 radical (unpaired) electrons. The summed E-state index contributed by atoms with van der Waals surface area (Å²) >= 11 is 0. The zero-order valence-electron chi connectivity index (χ0n) is 15.6. The molecule has 3 aromatic rings.